The maximum atomic E-state index is 12.7. The number of esters is 1. The SMILES string of the molecule is C.CCOC(=O)[C@](C)(COC)C[C@H](N)Cc1ccc(-c2ccccc2)cc1.COC[C@](C)(C[C@@H](Cc1ccc(-c2ccccc2)cc1)NC(=O)c1cc(OC)no1)C(=O)O.COc1cc(C(=O)O)on1. The van der Waals surface area contributed by atoms with Gasteiger partial charge in [0.25, 0.3) is 17.7 Å². The smallest absolute Gasteiger partial charge is 0.374 e. The molecule has 0 saturated heterocycles. The number of carboxylic acid groups (broad SMARTS) is 2. The van der Waals surface area contributed by atoms with Gasteiger partial charge in [-0.15, -0.1) is 0 Å². The van der Waals surface area contributed by atoms with Crippen molar-refractivity contribution in [3.05, 3.63) is 144 Å². The van der Waals surface area contributed by atoms with E-state index in [4.69, 9.17) is 34.3 Å². The van der Waals surface area contributed by atoms with Crippen LogP contribution in [0.2, 0.25) is 0 Å². The normalized spacial score (nSPS) is 13.1. The molecule has 0 aliphatic carbocycles. The van der Waals surface area contributed by atoms with Gasteiger partial charge < -0.3 is 54.0 Å². The number of methoxy groups -OCH3 is 4. The molecule has 0 bridgehead atoms. The molecule has 4 atom stereocenters. The lowest BCUT2D eigenvalue weighted by Gasteiger charge is -2.29. The molecule has 6 rings (SSSR count). The minimum Gasteiger partial charge on any atom is -0.481 e. The zero-order chi connectivity index (χ0) is 50.4. The molecule has 0 unspecified atom stereocenters. The first-order valence-corrected chi connectivity index (χ1v) is 22.0. The van der Waals surface area contributed by atoms with Crippen molar-refractivity contribution in [1.82, 2.24) is 15.6 Å². The van der Waals surface area contributed by atoms with Crippen LogP contribution in [0.4, 0.5) is 0 Å². The number of nitrogens with zero attached hydrogens (tertiary/aromatic N) is 2. The van der Waals surface area contributed by atoms with Gasteiger partial charge in [0, 0.05) is 26.3 Å². The molecule has 17 nitrogen and oxygen atoms in total. The maximum absolute atomic E-state index is 12.7. The summed E-state index contributed by atoms with van der Waals surface area (Å²) >= 11 is 0. The quantitative estimate of drug-likeness (QED) is 0.0465. The lowest BCUT2D eigenvalue weighted by atomic mass is 9.82. The highest BCUT2D eigenvalue weighted by atomic mass is 16.5. The minimum atomic E-state index is -1.18. The Bertz CT molecular complexity index is 2500. The number of ether oxygens (including phenoxy) is 5. The monoisotopic (exact) mass is 966 g/mol. The van der Waals surface area contributed by atoms with Crippen molar-refractivity contribution < 1.29 is 62.1 Å². The van der Waals surface area contributed by atoms with Crippen LogP contribution in [0.1, 0.15) is 73.3 Å². The average molecular weight is 967 g/mol. The Balaban J connectivity index is 0.000000311. The van der Waals surface area contributed by atoms with E-state index in [-0.39, 0.29) is 55.7 Å². The van der Waals surface area contributed by atoms with Gasteiger partial charge in [0.2, 0.25) is 11.5 Å². The minimum absolute atomic E-state index is 0. The third kappa shape index (κ3) is 17.3. The number of benzene rings is 4. The molecule has 17 heteroatoms. The van der Waals surface area contributed by atoms with E-state index in [2.05, 4.69) is 61.3 Å². The number of carbonyl (C=O) groups is 4. The van der Waals surface area contributed by atoms with E-state index in [0.717, 1.165) is 22.3 Å². The molecule has 0 radical (unpaired) electrons. The fourth-order valence-electron chi connectivity index (χ4n) is 7.41. The first kappa shape index (κ1) is 57.0. The summed E-state index contributed by atoms with van der Waals surface area (Å²) in [5.41, 5.74) is 11.1. The van der Waals surface area contributed by atoms with E-state index in [1.165, 1.54) is 44.6 Å². The Kier molecular flexibility index (Phi) is 23.0. The molecule has 0 aliphatic heterocycles. The number of nitrogens with two attached hydrogens (primary N) is 1. The number of aliphatic carboxylic acids is 1. The summed E-state index contributed by atoms with van der Waals surface area (Å²) < 4.78 is 34.5. The Hall–Kier alpha value is -7.34. The number of nitrogens with one attached hydrogen (secondary N) is 1. The van der Waals surface area contributed by atoms with Crippen LogP contribution in [0, 0.1) is 10.8 Å². The van der Waals surface area contributed by atoms with Crippen molar-refractivity contribution in [2.45, 2.75) is 66.0 Å². The number of aromatic carboxylic acids is 1. The lowest BCUT2D eigenvalue weighted by Crippen LogP contribution is -2.44. The van der Waals surface area contributed by atoms with Gasteiger partial charge in [-0.05, 0) is 90.1 Å². The van der Waals surface area contributed by atoms with Gasteiger partial charge in [0.15, 0.2) is 0 Å². The van der Waals surface area contributed by atoms with Crippen molar-refractivity contribution >= 4 is 23.8 Å². The van der Waals surface area contributed by atoms with Crippen molar-refractivity contribution in [3.63, 3.8) is 0 Å². The summed E-state index contributed by atoms with van der Waals surface area (Å²) in [6.07, 6.45) is 1.81. The van der Waals surface area contributed by atoms with Crippen LogP contribution < -0.4 is 20.5 Å². The fourth-order valence-corrected chi connectivity index (χ4v) is 7.41. The van der Waals surface area contributed by atoms with Gasteiger partial charge in [-0.2, -0.15) is 0 Å². The number of aromatic nitrogens is 2. The Morgan fingerprint density at radius 2 is 1.09 bits per heavy atom. The fraction of sp³-hybridized carbons (Fsp3) is 0.358. The number of carboxylic acids is 2. The molecule has 5 N–H and O–H groups in total. The van der Waals surface area contributed by atoms with E-state index in [0.29, 0.717) is 32.5 Å². The van der Waals surface area contributed by atoms with E-state index in [9.17, 15) is 24.3 Å². The van der Waals surface area contributed by atoms with Crippen molar-refractivity contribution in [1.29, 1.82) is 0 Å². The Morgan fingerprint density at radius 3 is 1.50 bits per heavy atom. The van der Waals surface area contributed by atoms with E-state index < -0.39 is 34.7 Å². The van der Waals surface area contributed by atoms with Gasteiger partial charge >= 0.3 is 17.9 Å². The first-order valence-electron chi connectivity index (χ1n) is 22.0. The van der Waals surface area contributed by atoms with Crippen molar-refractivity contribution in [2.75, 3.05) is 48.3 Å². The highest BCUT2D eigenvalue weighted by molar-refractivity contribution is 5.92. The summed E-state index contributed by atoms with van der Waals surface area (Å²) in [5, 5.41) is 27.9. The predicted molar refractivity (Wildman–Crippen MR) is 264 cm³/mol. The molecule has 1 amide bonds. The third-order valence-electron chi connectivity index (χ3n) is 10.9. The van der Waals surface area contributed by atoms with E-state index >= 15 is 0 Å². The standard InChI is InChI=1S/C25H28N2O6.C22H29NO3.C5H5NO4.CH4/c1-25(16-31-2,24(29)30)15-20(26-23(28)21-14-22(32-3)27-33-21)13-17-9-11-19(12-10-17)18-7-5-4-6-8-18;1-4-26-21(24)22(2,16-25-3)15-20(23)14-17-10-12-19(13-11-17)18-8-6-5-7-9-18;1-9-4-2-3(5(7)8)10-6-4;/h4-12,14,20H,13,15-16H2,1-3H3,(H,26,28)(H,29,30);5-13,20H,4,14-16,23H2,1-3H3;2H,1H3,(H,7,8);1H4/t20-,25+;20-,22+;;/m11../s1. The summed E-state index contributed by atoms with van der Waals surface area (Å²) in [6.45, 7) is 5.93. The van der Waals surface area contributed by atoms with Gasteiger partial charge in [0.05, 0.1) is 57.0 Å². The van der Waals surface area contributed by atoms with E-state index in [1.807, 2.05) is 79.7 Å². The molecule has 0 spiro atoms. The summed E-state index contributed by atoms with van der Waals surface area (Å²) in [7, 11) is 5.84. The summed E-state index contributed by atoms with van der Waals surface area (Å²) in [5.74, 6) is -2.80. The van der Waals surface area contributed by atoms with Gasteiger partial charge in [-0.1, -0.05) is 117 Å². The molecule has 4 aromatic carbocycles. The zero-order valence-corrected chi connectivity index (χ0v) is 40.0. The molecule has 2 aromatic heterocycles. The molecule has 0 saturated carbocycles. The molecule has 0 fully saturated rings. The van der Waals surface area contributed by atoms with Crippen molar-refractivity contribution in [2.24, 2.45) is 16.6 Å². The predicted octanol–water partition coefficient (Wildman–Crippen LogP) is 8.67. The molecule has 2 heterocycles. The summed E-state index contributed by atoms with van der Waals surface area (Å²) in [4.78, 5) is 47.1. The number of carbonyl (C=O) groups excluding carboxylic acids is 2. The second kappa shape index (κ2) is 28.2. The molecule has 376 valence electrons. The highest BCUT2D eigenvalue weighted by Gasteiger charge is 2.38. The van der Waals surface area contributed by atoms with Gasteiger partial charge in [0.1, 0.15) is 0 Å². The number of hydrogen-bond acceptors (Lipinski definition) is 14. The van der Waals surface area contributed by atoms with Crippen LogP contribution in [-0.4, -0.2) is 105 Å². The van der Waals surface area contributed by atoms with Gasteiger partial charge in [-0.3, -0.25) is 14.4 Å². The third-order valence-corrected chi connectivity index (χ3v) is 10.9. The summed E-state index contributed by atoms with van der Waals surface area (Å²) in [6, 6.07) is 38.6. The maximum Gasteiger partial charge on any atom is 0.374 e. The van der Waals surface area contributed by atoms with Crippen LogP contribution in [0.5, 0.6) is 11.8 Å². The van der Waals surface area contributed by atoms with Crippen LogP contribution >= 0.6 is 0 Å². The highest BCUT2D eigenvalue weighted by Crippen LogP contribution is 2.29. The van der Waals surface area contributed by atoms with E-state index in [1.54, 1.807) is 21.0 Å². The molecular formula is C53H66N4O13. The van der Waals surface area contributed by atoms with Gasteiger partial charge in [-0.25, -0.2) is 4.79 Å². The van der Waals surface area contributed by atoms with Crippen LogP contribution in [-0.2, 0) is 36.6 Å². The molecule has 0 aliphatic rings. The number of hydrogen-bond donors (Lipinski definition) is 4. The second-order valence-electron chi connectivity index (χ2n) is 16.7. The Morgan fingerprint density at radius 1 is 0.643 bits per heavy atom. The zero-order valence-electron chi connectivity index (χ0n) is 40.0. The van der Waals surface area contributed by atoms with Crippen LogP contribution in [0.25, 0.3) is 22.3 Å². The van der Waals surface area contributed by atoms with Crippen molar-refractivity contribution in [3.8, 4) is 34.0 Å². The number of amides is 1. The average Bonchev–Trinajstić information content (AvgIpc) is 4.05. The van der Waals surface area contributed by atoms with Crippen LogP contribution in [0.3, 0.4) is 0 Å². The number of rotatable bonds is 22. The largest absolute Gasteiger partial charge is 0.481 e. The Labute approximate surface area is 409 Å². The molecule has 6 aromatic rings. The second-order valence-corrected chi connectivity index (χ2v) is 16.7. The first-order chi connectivity index (χ1) is 33.1. The molecular weight excluding hydrogens is 901 g/mol. The lowest BCUT2D eigenvalue weighted by molar-refractivity contribution is -0.158. The van der Waals surface area contributed by atoms with Crippen LogP contribution in [0.15, 0.2) is 130 Å². The topological polar surface area (TPSA) is 245 Å². The molecule has 70 heavy (non-hydrogen) atoms.